The van der Waals surface area contributed by atoms with Crippen molar-refractivity contribution in [3.63, 3.8) is 0 Å². The molecule has 6 nitrogen and oxygen atoms in total. The standard InChI is InChI=1S/C19H13F5N4O2/c1-8-11(17(25)29)4-10(20)5-15(8)26-19-27-18(30)14(23)7-28(19)6-9-2-12(21)16(24)13(22)3-9/h2-5,7H,6H2,1H3,(H2,25,29)(H,26,27,30). The van der Waals surface area contributed by atoms with Gasteiger partial charge in [0.05, 0.1) is 6.54 Å². The Labute approximate surface area is 165 Å². The summed E-state index contributed by atoms with van der Waals surface area (Å²) in [7, 11) is 0. The SMILES string of the molecule is Cc1c(Nc2nc(=O)c(F)cn2Cc2cc(F)c(F)c(F)c2)cc(F)cc1C(N)=O. The highest BCUT2D eigenvalue weighted by Gasteiger charge is 2.16. The first-order valence-electron chi connectivity index (χ1n) is 8.34. The number of primary amides is 1. The van der Waals surface area contributed by atoms with E-state index >= 15 is 0 Å². The number of benzene rings is 2. The van der Waals surface area contributed by atoms with Crippen LogP contribution in [0.2, 0.25) is 0 Å². The molecule has 0 aliphatic rings. The van der Waals surface area contributed by atoms with Gasteiger partial charge in [-0.3, -0.25) is 9.59 Å². The van der Waals surface area contributed by atoms with E-state index in [-0.39, 0.29) is 28.3 Å². The first-order chi connectivity index (χ1) is 14.1. The van der Waals surface area contributed by atoms with Crippen molar-refractivity contribution in [2.45, 2.75) is 13.5 Å². The molecule has 1 amide bonds. The smallest absolute Gasteiger partial charge is 0.310 e. The Morgan fingerprint density at radius 1 is 1.07 bits per heavy atom. The summed E-state index contributed by atoms with van der Waals surface area (Å²) >= 11 is 0. The molecular weight excluding hydrogens is 411 g/mol. The number of amides is 1. The minimum atomic E-state index is -1.67. The third-order valence-corrected chi connectivity index (χ3v) is 4.23. The fourth-order valence-corrected chi connectivity index (χ4v) is 2.77. The normalized spacial score (nSPS) is 10.9. The number of carbonyl (C=O) groups excluding carboxylic acids is 1. The number of nitrogens with zero attached hydrogens (tertiary/aromatic N) is 2. The van der Waals surface area contributed by atoms with Crippen molar-refractivity contribution in [3.8, 4) is 0 Å². The molecule has 0 spiro atoms. The summed E-state index contributed by atoms with van der Waals surface area (Å²) < 4.78 is 68.8. The highest BCUT2D eigenvalue weighted by molar-refractivity contribution is 5.96. The van der Waals surface area contributed by atoms with Crippen LogP contribution in [-0.2, 0) is 6.54 Å². The number of nitrogens with two attached hydrogens (primary N) is 1. The first-order valence-corrected chi connectivity index (χ1v) is 8.34. The molecule has 0 saturated heterocycles. The second kappa shape index (κ2) is 7.93. The average molecular weight is 424 g/mol. The fraction of sp³-hybridized carbons (Fsp3) is 0.105. The number of anilines is 2. The quantitative estimate of drug-likeness (QED) is 0.487. The molecule has 0 aliphatic heterocycles. The molecule has 30 heavy (non-hydrogen) atoms. The molecule has 0 atom stereocenters. The van der Waals surface area contributed by atoms with Crippen LogP contribution in [0.25, 0.3) is 0 Å². The van der Waals surface area contributed by atoms with E-state index < -0.39 is 47.1 Å². The van der Waals surface area contributed by atoms with Crippen LogP contribution in [0.3, 0.4) is 0 Å². The lowest BCUT2D eigenvalue weighted by Gasteiger charge is -2.16. The first kappa shape index (κ1) is 21.0. The molecule has 0 saturated carbocycles. The fourth-order valence-electron chi connectivity index (χ4n) is 2.77. The zero-order valence-corrected chi connectivity index (χ0v) is 15.3. The predicted molar refractivity (Wildman–Crippen MR) is 96.8 cm³/mol. The highest BCUT2D eigenvalue weighted by Crippen LogP contribution is 2.24. The second-order valence-electron chi connectivity index (χ2n) is 6.33. The van der Waals surface area contributed by atoms with Gasteiger partial charge in [0.25, 0.3) is 0 Å². The van der Waals surface area contributed by atoms with Crippen LogP contribution >= 0.6 is 0 Å². The molecule has 11 heteroatoms. The lowest BCUT2D eigenvalue weighted by molar-refractivity contribution is 0.0999. The third kappa shape index (κ3) is 4.14. The summed E-state index contributed by atoms with van der Waals surface area (Å²) in [6.07, 6.45) is 0.709. The molecule has 0 aliphatic carbocycles. The maximum absolute atomic E-state index is 13.9. The van der Waals surface area contributed by atoms with Gasteiger partial charge in [0.2, 0.25) is 17.7 Å². The molecule has 3 rings (SSSR count). The number of carbonyl (C=O) groups is 1. The number of rotatable bonds is 5. The van der Waals surface area contributed by atoms with Crippen molar-refractivity contribution in [2.75, 3.05) is 5.32 Å². The van der Waals surface area contributed by atoms with E-state index in [2.05, 4.69) is 10.3 Å². The summed E-state index contributed by atoms with van der Waals surface area (Å²) in [4.78, 5) is 26.6. The van der Waals surface area contributed by atoms with Crippen LogP contribution in [0.4, 0.5) is 33.6 Å². The highest BCUT2D eigenvalue weighted by atomic mass is 19.2. The second-order valence-corrected chi connectivity index (χ2v) is 6.33. The maximum atomic E-state index is 13.9. The monoisotopic (exact) mass is 424 g/mol. The van der Waals surface area contributed by atoms with Gasteiger partial charge < -0.3 is 15.6 Å². The van der Waals surface area contributed by atoms with Crippen LogP contribution in [0, 0.1) is 36.0 Å². The van der Waals surface area contributed by atoms with Gasteiger partial charge in [-0.15, -0.1) is 0 Å². The summed E-state index contributed by atoms with van der Waals surface area (Å²) in [5.74, 6) is -7.90. The Morgan fingerprint density at radius 2 is 1.70 bits per heavy atom. The minimum Gasteiger partial charge on any atom is -0.366 e. The molecule has 0 radical (unpaired) electrons. The van der Waals surface area contributed by atoms with Gasteiger partial charge in [-0.05, 0) is 42.3 Å². The topological polar surface area (TPSA) is 90.0 Å². The average Bonchev–Trinajstić information content (AvgIpc) is 2.66. The van der Waals surface area contributed by atoms with E-state index in [1.165, 1.54) is 6.92 Å². The van der Waals surface area contributed by atoms with E-state index in [4.69, 9.17) is 5.73 Å². The van der Waals surface area contributed by atoms with Gasteiger partial charge >= 0.3 is 5.56 Å². The Hall–Kier alpha value is -3.76. The molecule has 1 heterocycles. The molecule has 156 valence electrons. The Bertz CT molecular complexity index is 1200. The van der Waals surface area contributed by atoms with Crippen LogP contribution < -0.4 is 16.6 Å². The molecule has 2 aromatic carbocycles. The molecule has 0 fully saturated rings. The summed E-state index contributed by atoms with van der Waals surface area (Å²) in [5.41, 5.74) is 3.91. The minimum absolute atomic E-state index is 0.00692. The van der Waals surface area contributed by atoms with Crippen molar-refractivity contribution in [1.29, 1.82) is 0 Å². The van der Waals surface area contributed by atoms with Crippen molar-refractivity contribution < 1.29 is 26.7 Å². The van der Waals surface area contributed by atoms with Gasteiger partial charge in [0.15, 0.2) is 17.5 Å². The number of aromatic nitrogens is 2. The summed E-state index contributed by atoms with van der Waals surface area (Å²) in [6.45, 7) is 1.02. The van der Waals surface area contributed by atoms with E-state index in [0.29, 0.717) is 18.3 Å². The molecule has 0 unspecified atom stereocenters. The van der Waals surface area contributed by atoms with Crippen molar-refractivity contribution in [1.82, 2.24) is 9.55 Å². The molecule has 3 aromatic rings. The van der Waals surface area contributed by atoms with Crippen LogP contribution in [0.5, 0.6) is 0 Å². The van der Waals surface area contributed by atoms with Gasteiger partial charge in [-0.1, -0.05) is 0 Å². The summed E-state index contributed by atoms with van der Waals surface area (Å²) in [5, 5.41) is 2.58. The third-order valence-electron chi connectivity index (χ3n) is 4.23. The number of halogens is 5. The lowest BCUT2D eigenvalue weighted by Crippen LogP contribution is -2.21. The van der Waals surface area contributed by atoms with E-state index in [0.717, 1.165) is 16.7 Å². The van der Waals surface area contributed by atoms with Gasteiger partial charge in [0.1, 0.15) is 5.82 Å². The molecule has 0 bridgehead atoms. The summed E-state index contributed by atoms with van der Waals surface area (Å²) in [6, 6.07) is 3.28. The molecular formula is C19H13F5N4O2. The zero-order valence-electron chi connectivity index (χ0n) is 15.3. The Kier molecular flexibility index (Phi) is 5.54. The Morgan fingerprint density at radius 3 is 2.30 bits per heavy atom. The van der Waals surface area contributed by atoms with E-state index in [1.54, 1.807) is 0 Å². The number of hydrogen-bond acceptors (Lipinski definition) is 4. The van der Waals surface area contributed by atoms with Crippen molar-refractivity contribution in [2.24, 2.45) is 5.73 Å². The Balaban J connectivity index is 2.08. The lowest BCUT2D eigenvalue weighted by atomic mass is 10.1. The van der Waals surface area contributed by atoms with Crippen LogP contribution in [-0.4, -0.2) is 15.5 Å². The number of nitrogens with one attached hydrogen (secondary N) is 1. The van der Waals surface area contributed by atoms with Gasteiger partial charge in [-0.2, -0.15) is 9.37 Å². The van der Waals surface area contributed by atoms with Crippen LogP contribution in [0.1, 0.15) is 21.5 Å². The zero-order chi connectivity index (χ0) is 22.2. The number of hydrogen-bond donors (Lipinski definition) is 2. The largest absolute Gasteiger partial charge is 0.366 e. The van der Waals surface area contributed by atoms with Crippen molar-refractivity contribution in [3.05, 3.63) is 86.6 Å². The maximum Gasteiger partial charge on any atom is 0.310 e. The molecule has 1 aromatic heterocycles. The van der Waals surface area contributed by atoms with Gasteiger partial charge in [0, 0.05) is 17.4 Å². The molecule has 3 N–H and O–H groups in total. The predicted octanol–water partition coefficient (Wildman–Crippen LogP) is 3.14. The van der Waals surface area contributed by atoms with Gasteiger partial charge in [-0.25, -0.2) is 17.6 Å². The van der Waals surface area contributed by atoms with Crippen molar-refractivity contribution >= 4 is 17.5 Å². The van der Waals surface area contributed by atoms with E-state index in [9.17, 15) is 31.5 Å². The van der Waals surface area contributed by atoms with E-state index in [1.807, 2.05) is 0 Å². The van der Waals surface area contributed by atoms with Crippen LogP contribution in [0.15, 0.2) is 35.3 Å².